The molecule has 25 heavy (non-hydrogen) atoms. The number of fused-ring (bicyclic) bond motifs is 2. The van der Waals surface area contributed by atoms with Crippen LogP contribution in [0.15, 0.2) is 40.8 Å². The minimum atomic E-state index is -0.575. The van der Waals surface area contributed by atoms with Gasteiger partial charge in [-0.3, -0.25) is 4.79 Å². The lowest BCUT2D eigenvalue weighted by Gasteiger charge is -2.27. The maximum absolute atomic E-state index is 13.3. The van der Waals surface area contributed by atoms with Crippen molar-refractivity contribution in [1.29, 1.82) is 0 Å². The van der Waals surface area contributed by atoms with Gasteiger partial charge in [0.15, 0.2) is 17.7 Å². The molecule has 128 valence electrons. The summed E-state index contributed by atoms with van der Waals surface area (Å²) in [7, 11) is 3.03. The second-order valence-corrected chi connectivity index (χ2v) is 5.63. The lowest BCUT2D eigenvalue weighted by molar-refractivity contribution is 0.0931. The highest BCUT2D eigenvalue weighted by atomic mass is 19.1. The molecule has 1 aliphatic heterocycles. The molecule has 1 aromatic heterocycles. The minimum Gasteiger partial charge on any atom is -0.493 e. The fourth-order valence-electron chi connectivity index (χ4n) is 2.91. The molecule has 0 saturated carbocycles. The summed E-state index contributed by atoms with van der Waals surface area (Å²) in [5.74, 6) is 0.841. The summed E-state index contributed by atoms with van der Waals surface area (Å²) in [4.78, 5) is 12.5. The molecule has 0 spiro atoms. The number of hydrogen-bond acceptors (Lipinski definition) is 5. The Morgan fingerprint density at radius 3 is 2.56 bits per heavy atom. The number of amides is 1. The van der Waals surface area contributed by atoms with E-state index >= 15 is 0 Å². The highest BCUT2D eigenvalue weighted by molar-refractivity contribution is 6.02. The van der Waals surface area contributed by atoms with Gasteiger partial charge in [-0.05, 0) is 30.3 Å². The Morgan fingerprint density at radius 1 is 1.04 bits per heavy atom. The van der Waals surface area contributed by atoms with Crippen LogP contribution in [0.2, 0.25) is 0 Å². The first-order valence-corrected chi connectivity index (χ1v) is 7.61. The molecule has 0 radical (unpaired) electrons. The smallest absolute Gasteiger partial charge is 0.255 e. The summed E-state index contributed by atoms with van der Waals surface area (Å²) in [5.41, 5.74) is 1.58. The van der Waals surface area contributed by atoms with Crippen LogP contribution >= 0.6 is 0 Å². The van der Waals surface area contributed by atoms with Crippen molar-refractivity contribution in [2.24, 2.45) is 0 Å². The summed E-state index contributed by atoms with van der Waals surface area (Å²) in [6.45, 7) is 0. The Morgan fingerprint density at radius 2 is 1.80 bits per heavy atom. The monoisotopic (exact) mass is 342 g/mol. The van der Waals surface area contributed by atoms with Gasteiger partial charge in [0.05, 0.1) is 25.5 Å². The van der Waals surface area contributed by atoms with Gasteiger partial charge in [0, 0.05) is 11.5 Å². The Balaban J connectivity index is 1.73. The average Bonchev–Trinajstić information content (AvgIpc) is 3.03. The van der Waals surface area contributed by atoms with E-state index in [-0.39, 0.29) is 11.7 Å². The standard InChI is InChI=1S/C18H15FN2O4/c1-23-14-7-11-12(8-15(14)24-2)20-17(21-18(11)22)16-6-9-5-10(19)3-4-13(9)25-16/h3-8,17,20H,1-2H3,(H,21,22)/t17-/m0/s1. The third-order valence-corrected chi connectivity index (χ3v) is 4.13. The zero-order valence-corrected chi connectivity index (χ0v) is 13.6. The predicted molar refractivity (Wildman–Crippen MR) is 89.5 cm³/mol. The van der Waals surface area contributed by atoms with Crippen molar-refractivity contribution in [2.75, 3.05) is 19.5 Å². The van der Waals surface area contributed by atoms with Crippen molar-refractivity contribution >= 4 is 22.6 Å². The van der Waals surface area contributed by atoms with E-state index in [0.717, 1.165) is 0 Å². The van der Waals surface area contributed by atoms with Crippen LogP contribution in [0.1, 0.15) is 22.3 Å². The van der Waals surface area contributed by atoms with E-state index in [9.17, 15) is 9.18 Å². The first-order valence-electron chi connectivity index (χ1n) is 7.61. The Bertz CT molecular complexity index is 983. The van der Waals surface area contributed by atoms with Crippen LogP contribution in [-0.4, -0.2) is 20.1 Å². The number of carbonyl (C=O) groups excluding carboxylic acids is 1. The molecule has 1 amide bonds. The largest absolute Gasteiger partial charge is 0.493 e. The number of halogens is 1. The van der Waals surface area contributed by atoms with Crippen molar-refractivity contribution in [3.05, 3.63) is 53.5 Å². The van der Waals surface area contributed by atoms with Crippen LogP contribution in [0.3, 0.4) is 0 Å². The van der Waals surface area contributed by atoms with Crippen LogP contribution in [0, 0.1) is 5.82 Å². The van der Waals surface area contributed by atoms with E-state index in [2.05, 4.69) is 10.6 Å². The molecule has 1 aliphatic rings. The van der Waals surface area contributed by atoms with Gasteiger partial charge in [0.1, 0.15) is 17.2 Å². The Labute approximate surface area is 142 Å². The highest BCUT2D eigenvalue weighted by Crippen LogP contribution is 2.37. The number of anilines is 1. The zero-order valence-electron chi connectivity index (χ0n) is 13.6. The van der Waals surface area contributed by atoms with Crippen molar-refractivity contribution in [3.63, 3.8) is 0 Å². The quantitative estimate of drug-likeness (QED) is 0.763. The van der Waals surface area contributed by atoms with Gasteiger partial charge >= 0.3 is 0 Å². The molecule has 0 saturated heterocycles. The lowest BCUT2D eigenvalue weighted by Crippen LogP contribution is -2.38. The topological polar surface area (TPSA) is 72.7 Å². The van der Waals surface area contributed by atoms with Gasteiger partial charge in [-0.25, -0.2) is 4.39 Å². The Hall–Kier alpha value is -3.22. The van der Waals surface area contributed by atoms with Crippen LogP contribution in [-0.2, 0) is 0 Å². The molecule has 0 bridgehead atoms. The van der Waals surface area contributed by atoms with Crippen molar-refractivity contribution in [1.82, 2.24) is 5.32 Å². The number of ether oxygens (including phenoxy) is 2. The summed E-state index contributed by atoms with van der Waals surface area (Å²) < 4.78 is 29.6. The maximum Gasteiger partial charge on any atom is 0.255 e. The number of carbonyl (C=O) groups is 1. The summed E-state index contributed by atoms with van der Waals surface area (Å²) in [6, 6.07) is 9.27. The van der Waals surface area contributed by atoms with Gasteiger partial charge < -0.3 is 24.5 Å². The molecule has 3 aromatic rings. The second-order valence-electron chi connectivity index (χ2n) is 5.63. The first kappa shape index (κ1) is 15.3. The second kappa shape index (κ2) is 5.70. The summed E-state index contributed by atoms with van der Waals surface area (Å²) >= 11 is 0. The number of benzene rings is 2. The van der Waals surface area contributed by atoms with Crippen LogP contribution < -0.4 is 20.1 Å². The minimum absolute atomic E-state index is 0.272. The third kappa shape index (κ3) is 2.53. The molecule has 6 nitrogen and oxygen atoms in total. The molecular formula is C18H15FN2O4. The molecule has 2 N–H and O–H groups in total. The fraction of sp³-hybridized carbons (Fsp3) is 0.167. The van der Waals surface area contributed by atoms with E-state index < -0.39 is 6.17 Å². The SMILES string of the molecule is COc1cc2c(cc1OC)C(=O)N[C@@H](c1cc3cc(F)ccc3o1)N2. The molecule has 4 rings (SSSR count). The number of nitrogens with one attached hydrogen (secondary N) is 2. The Kier molecular flexibility index (Phi) is 3.49. The highest BCUT2D eigenvalue weighted by Gasteiger charge is 2.28. The van der Waals surface area contributed by atoms with Gasteiger partial charge in [0.2, 0.25) is 0 Å². The molecule has 7 heteroatoms. The number of methoxy groups -OCH3 is 2. The predicted octanol–water partition coefficient (Wildman–Crippen LogP) is 3.44. The van der Waals surface area contributed by atoms with E-state index in [1.165, 1.54) is 26.4 Å². The van der Waals surface area contributed by atoms with E-state index in [1.54, 1.807) is 24.3 Å². The molecule has 0 aliphatic carbocycles. The maximum atomic E-state index is 13.3. The van der Waals surface area contributed by atoms with Crippen LogP contribution in [0.4, 0.5) is 10.1 Å². The van der Waals surface area contributed by atoms with E-state index in [0.29, 0.717) is 39.5 Å². The summed E-state index contributed by atoms with van der Waals surface area (Å²) in [6.07, 6.45) is -0.575. The van der Waals surface area contributed by atoms with Crippen molar-refractivity contribution in [2.45, 2.75) is 6.17 Å². The van der Waals surface area contributed by atoms with Crippen molar-refractivity contribution < 1.29 is 23.1 Å². The third-order valence-electron chi connectivity index (χ3n) is 4.13. The van der Waals surface area contributed by atoms with Gasteiger partial charge in [-0.15, -0.1) is 0 Å². The molecular weight excluding hydrogens is 327 g/mol. The molecule has 2 aromatic carbocycles. The normalized spacial score (nSPS) is 16.1. The van der Waals surface area contributed by atoms with Gasteiger partial charge in [-0.1, -0.05) is 0 Å². The van der Waals surface area contributed by atoms with Crippen LogP contribution in [0.25, 0.3) is 11.0 Å². The number of furan rings is 1. The molecule has 0 unspecified atom stereocenters. The zero-order chi connectivity index (χ0) is 17.6. The van der Waals surface area contributed by atoms with Crippen molar-refractivity contribution in [3.8, 4) is 11.5 Å². The number of rotatable bonds is 3. The lowest BCUT2D eigenvalue weighted by atomic mass is 10.1. The van der Waals surface area contributed by atoms with Gasteiger partial charge in [0.25, 0.3) is 5.91 Å². The average molecular weight is 342 g/mol. The molecule has 1 atom stereocenters. The van der Waals surface area contributed by atoms with Crippen LogP contribution in [0.5, 0.6) is 11.5 Å². The molecule has 0 fully saturated rings. The first-order chi connectivity index (χ1) is 12.1. The van der Waals surface area contributed by atoms with E-state index in [4.69, 9.17) is 13.9 Å². The molecule has 2 heterocycles. The van der Waals surface area contributed by atoms with Gasteiger partial charge in [-0.2, -0.15) is 0 Å². The fourth-order valence-corrected chi connectivity index (χ4v) is 2.91. The van der Waals surface area contributed by atoms with E-state index in [1.807, 2.05) is 0 Å². The number of hydrogen-bond donors (Lipinski definition) is 2. The summed E-state index contributed by atoms with van der Waals surface area (Å²) in [5, 5.41) is 6.64.